The quantitative estimate of drug-likeness (QED) is 0.679. The highest BCUT2D eigenvalue weighted by atomic mass is 19.1. The molecule has 0 saturated carbocycles. The third-order valence-electron chi connectivity index (χ3n) is 4.75. The Hall–Kier alpha value is -2.95. The molecule has 0 aliphatic rings. The lowest BCUT2D eigenvalue weighted by atomic mass is 9.96. The number of fused-ring (bicyclic) bond motifs is 1. The van der Waals surface area contributed by atoms with Crippen LogP contribution in [0.5, 0.6) is 5.75 Å². The molecule has 0 radical (unpaired) electrons. The Balaban J connectivity index is 1.77. The van der Waals surface area contributed by atoms with Crippen LogP contribution in [0.1, 0.15) is 36.9 Å². The first-order valence-corrected chi connectivity index (χ1v) is 8.72. The zero-order valence-electron chi connectivity index (χ0n) is 15.4. The summed E-state index contributed by atoms with van der Waals surface area (Å²) in [6, 6.07) is 14.3. The molecular formula is C22H21F2NO2. The second-order valence-corrected chi connectivity index (χ2v) is 6.59. The van der Waals surface area contributed by atoms with Gasteiger partial charge in [0.1, 0.15) is 17.4 Å². The maximum absolute atomic E-state index is 13.9. The SMILES string of the molecule is COc1ccc2cc(C(C)C(=O)NC(C)c3ccc(F)cc3F)ccc2c1. The van der Waals surface area contributed by atoms with Gasteiger partial charge in [-0.3, -0.25) is 4.79 Å². The van der Waals surface area contributed by atoms with Crippen molar-refractivity contribution >= 4 is 16.7 Å². The average molecular weight is 369 g/mol. The standard InChI is InChI=1S/C22H21F2NO2/c1-13(15-4-5-17-11-19(27-3)8-6-16(17)10-15)22(26)25-14(2)20-9-7-18(23)12-21(20)24/h4-14H,1-3H3,(H,25,26). The number of ether oxygens (including phenoxy) is 1. The number of rotatable bonds is 5. The molecule has 3 nitrogen and oxygen atoms in total. The maximum atomic E-state index is 13.9. The number of nitrogens with one attached hydrogen (secondary N) is 1. The predicted octanol–water partition coefficient (Wildman–Crippen LogP) is 5.11. The molecular weight excluding hydrogens is 348 g/mol. The van der Waals surface area contributed by atoms with Crippen LogP contribution in [0.3, 0.4) is 0 Å². The molecule has 1 amide bonds. The monoisotopic (exact) mass is 369 g/mol. The van der Waals surface area contributed by atoms with E-state index in [1.165, 1.54) is 12.1 Å². The molecule has 1 N–H and O–H groups in total. The van der Waals surface area contributed by atoms with Crippen molar-refractivity contribution in [1.29, 1.82) is 0 Å². The molecule has 0 heterocycles. The first kappa shape index (κ1) is 18.8. The lowest BCUT2D eigenvalue weighted by Crippen LogP contribution is -2.31. The van der Waals surface area contributed by atoms with E-state index in [0.29, 0.717) is 0 Å². The first-order chi connectivity index (χ1) is 12.9. The number of carbonyl (C=O) groups excluding carboxylic acids is 1. The zero-order chi connectivity index (χ0) is 19.6. The van der Waals surface area contributed by atoms with Gasteiger partial charge in [0.2, 0.25) is 5.91 Å². The fourth-order valence-corrected chi connectivity index (χ4v) is 3.06. The van der Waals surface area contributed by atoms with Gasteiger partial charge in [0.05, 0.1) is 19.1 Å². The summed E-state index contributed by atoms with van der Waals surface area (Å²) >= 11 is 0. The van der Waals surface area contributed by atoms with E-state index in [4.69, 9.17) is 4.74 Å². The fraction of sp³-hybridized carbons (Fsp3) is 0.227. The number of amides is 1. The van der Waals surface area contributed by atoms with Gasteiger partial charge >= 0.3 is 0 Å². The number of hydrogen-bond acceptors (Lipinski definition) is 2. The summed E-state index contributed by atoms with van der Waals surface area (Å²) in [5, 5.41) is 4.83. The third-order valence-corrected chi connectivity index (χ3v) is 4.75. The van der Waals surface area contributed by atoms with Crippen LogP contribution in [-0.4, -0.2) is 13.0 Å². The van der Waals surface area contributed by atoms with E-state index in [9.17, 15) is 13.6 Å². The smallest absolute Gasteiger partial charge is 0.227 e. The summed E-state index contributed by atoms with van der Waals surface area (Å²) in [5.74, 6) is -1.18. The first-order valence-electron chi connectivity index (χ1n) is 8.72. The van der Waals surface area contributed by atoms with E-state index < -0.39 is 23.6 Å². The summed E-state index contributed by atoms with van der Waals surface area (Å²) in [6.45, 7) is 3.47. The van der Waals surface area contributed by atoms with Gasteiger partial charge in [-0.2, -0.15) is 0 Å². The van der Waals surface area contributed by atoms with Gasteiger partial charge in [-0.15, -0.1) is 0 Å². The molecule has 3 aromatic rings. The summed E-state index contributed by atoms with van der Waals surface area (Å²) < 4.78 is 32.2. The van der Waals surface area contributed by atoms with Gasteiger partial charge < -0.3 is 10.1 Å². The van der Waals surface area contributed by atoms with Gasteiger partial charge in [-0.05, 0) is 48.4 Å². The maximum Gasteiger partial charge on any atom is 0.227 e. The summed E-state index contributed by atoms with van der Waals surface area (Å²) in [6.07, 6.45) is 0. The van der Waals surface area contributed by atoms with Crippen molar-refractivity contribution in [2.45, 2.75) is 25.8 Å². The molecule has 0 aliphatic carbocycles. The molecule has 5 heteroatoms. The van der Waals surface area contributed by atoms with E-state index in [2.05, 4.69) is 5.32 Å². The highest BCUT2D eigenvalue weighted by Gasteiger charge is 2.20. The van der Waals surface area contributed by atoms with Crippen molar-refractivity contribution in [2.75, 3.05) is 7.11 Å². The Bertz CT molecular complexity index is 987. The molecule has 3 aromatic carbocycles. The molecule has 2 atom stereocenters. The Morgan fingerprint density at radius 2 is 1.67 bits per heavy atom. The van der Waals surface area contributed by atoms with Crippen LogP contribution >= 0.6 is 0 Å². The minimum atomic E-state index is -0.671. The van der Waals surface area contributed by atoms with Crippen LogP contribution in [0.15, 0.2) is 54.6 Å². The highest BCUT2D eigenvalue weighted by Crippen LogP contribution is 2.26. The largest absolute Gasteiger partial charge is 0.497 e. The average Bonchev–Trinajstić information content (AvgIpc) is 2.66. The van der Waals surface area contributed by atoms with Crippen LogP contribution < -0.4 is 10.1 Å². The number of halogens is 2. The summed E-state index contributed by atoms with van der Waals surface area (Å²) in [4.78, 5) is 12.6. The predicted molar refractivity (Wildman–Crippen MR) is 102 cm³/mol. The van der Waals surface area contributed by atoms with Gasteiger partial charge in [0.25, 0.3) is 0 Å². The molecule has 0 saturated heterocycles. The Morgan fingerprint density at radius 3 is 2.37 bits per heavy atom. The van der Waals surface area contributed by atoms with Crippen molar-refractivity contribution in [3.05, 3.63) is 77.4 Å². The van der Waals surface area contributed by atoms with Gasteiger partial charge in [-0.25, -0.2) is 8.78 Å². The number of methoxy groups -OCH3 is 1. The molecule has 140 valence electrons. The van der Waals surface area contributed by atoms with Crippen LogP contribution in [0.4, 0.5) is 8.78 Å². The van der Waals surface area contributed by atoms with Gasteiger partial charge in [0.15, 0.2) is 0 Å². The van der Waals surface area contributed by atoms with E-state index in [0.717, 1.165) is 28.2 Å². The number of benzene rings is 3. The second kappa shape index (κ2) is 7.74. The topological polar surface area (TPSA) is 38.3 Å². The van der Waals surface area contributed by atoms with Crippen molar-refractivity contribution < 1.29 is 18.3 Å². The molecule has 27 heavy (non-hydrogen) atoms. The van der Waals surface area contributed by atoms with Crippen molar-refractivity contribution in [3.63, 3.8) is 0 Å². The fourth-order valence-electron chi connectivity index (χ4n) is 3.06. The number of hydrogen-bond donors (Lipinski definition) is 1. The molecule has 3 rings (SSSR count). The molecule has 0 fully saturated rings. The molecule has 2 unspecified atom stereocenters. The summed E-state index contributed by atoms with van der Waals surface area (Å²) in [7, 11) is 1.62. The van der Waals surface area contributed by atoms with Crippen LogP contribution in [0.2, 0.25) is 0 Å². The normalized spacial score (nSPS) is 13.2. The van der Waals surface area contributed by atoms with E-state index in [1.54, 1.807) is 21.0 Å². The van der Waals surface area contributed by atoms with Crippen LogP contribution in [-0.2, 0) is 4.79 Å². The molecule has 0 aromatic heterocycles. The third kappa shape index (κ3) is 4.08. The van der Waals surface area contributed by atoms with Crippen molar-refractivity contribution in [2.24, 2.45) is 0 Å². The van der Waals surface area contributed by atoms with Crippen LogP contribution in [0.25, 0.3) is 10.8 Å². The van der Waals surface area contributed by atoms with Gasteiger partial charge in [0, 0.05) is 11.6 Å². The second-order valence-electron chi connectivity index (χ2n) is 6.59. The Kier molecular flexibility index (Phi) is 5.40. The zero-order valence-corrected chi connectivity index (χ0v) is 15.4. The molecule has 0 spiro atoms. The lowest BCUT2D eigenvalue weighted by molar-refractivity contribution is -0.122. The molecule has 0 aliphatic heterocycles. The van der Waals surface area contributed by atoms with E-state index in [1.807, 2.05) is 36.4 Å². The minimum Gasteiger partial charge on any atom is -0.497 e. The number of carbonyl (C=O) groups is 1. The van der Waals surface area contributed by atoms with Crippen molar-refractivity contribution in [3.8, 4) is 5.75 Å². The molecule has 0 bridgehead atoms. The van der Waals surface area contributed by atoms with Gasteiger partial charge in [-0.1, -0.05) is 30.3 Å². The van der Waals surface area contributed by atoms with E-state index >= 15 is 0 Å². The highest BCUT2D eigenvalue weighted by molar-refractivity contribution is 5.88. The van der Waals surface area contributed by atoms with Crippen molar-refractivity contribution in [1.82, 2.24) is 5.32 Å². The Labute approximate surface area is 157 Å². The Morgan fingerprint density at radius 1 is 0.963 bits per heavy atom. The lowest BCUT2D eigenvalue weighted by Gasteiger charge is -2.19. The minimum absolute atomic E-state index is 0.223. The summed E-state index contributed by atoms with van der Waals surface area (Å²) in [5.41, 5.74) is 1.11. The van der Waals surface area contributed by atoms with E-state index in [-0.39, 0.29) is 11.5 Å². The van der Waals surface area contributed by atoms with Crippen LogP contribution in [0, 0.1) is 11.6 Å².